The fraction of sp³-hybridized carbons (Fsp3) is 0.696. The number of nitrogens with zero attached hydrogens (tertiary/aromatic N) is 2. The summed E-state index contributed by atoms with van der Waals surface area (Å²) in [6.45, 7) is 6.44. The molecule has 2 fully saturated rings. The highest BCUT2D eigenvalue weighted by Crippen LogP contribution is 2.30. The number of likely N-dealkylation sites (tertiary alicyclic amines) is 1. The number of aryl methyl sites for hydroxylation is 2. The molecule has 1 aliphatic carbocycles. The summed E-state index contributed by atoms with van der Waals surface area (Å²) in [6.07, 6.45) is 10.3. The molecular weight excluding hydrogens is 364 g/mol. The molecule has 3 amide bonds. The van der Waals surface area contributed by atoms with E-state index in [0.717, 1.165) is 62.3 Å². The van der Waals surface area contributed by atoms with Crippen molar-refractivity contribution in [1.82, 2.24) is 15.2 Å². The SMILES string of the molecule is Cc1cc(NC(=O)NCCCCCC2CCN(C(=O)C3CCCC3)C2)cc(C)n1. The summed E-state index contributed by atoms with van der Waals surface area (Å²) in [6, 6.07) is 3.58. The molecule has 29 heavy (non-hydrogen) atoms. The number of hydrogen-bond donors (Lipinski definition) is 2. The normalized spacial score (nSPS) is 19.5. The third-order valence-corrected chi connectivity index (χ3v) is 6.22. The number of urea groups is 1. The minimum absolute atomic E-state index is 0.160. The summed E-state index contributed by atoms with van der Waals surface area (Å²) in [4.78, 5) is 31.0. The van der Waals surface area contributed by atoms with Crippen LogP contribution in [0.1, 0.15) is 69.2 Å². The second-order valence-electron chi connectivity index (χ2n) is 8.79. The van der Waals surface area contributed by atoms with E-state index in [0.29, 0.717) is 24.3 Å². The molecule has 3 rings (SSSR count). The third-order valence-electron chi connectivity index (χ3n) is 6.22. The van der Waals surface area contributed by atoms with Crippen molar-refractivity contribution in [3.8, 4) is 0 Å². The van der Waals surface area contributed by atoms with Gasteiger partial charge in [-0.2, -0.15) is 0 Å². The van der Waals surface area contributed by atoms with E-state index in [1.54, 1.807) is 0 Å². The highest BCUT2D eigenvalue weighted by molar-refractivity contribution is 5.89. The van der Waals surface area contributed by atoms with Crippen molar-refractivity contribution in [2.24, 2.45) is 11.8 Å². The molecule has 1 aliphatic heterocycles. The first-order chi connectivity index (χ1) is 14.0. The Bertz CT molecular complexity index is 680. The van der Waals surface area contributed by atoms with Gasteiger partial charge in [0.1, 0.15) is 0 Å². The van der Waals surface area contributed by atoms with Crippen molar-refractivity contribution in [2.75, 3.05) is 25.0 Å². The second kappa shape index (κ2) is 10.6. The van der Waals surface area contributed by atoms with Crippen molar-refractivity contribution < 1.29 is 9.59 Å². The van der Waals surface area contributed by atoms with Crippen LogP contribution in [0.3, 0.4) is 0 Å². The lowest BCUT2D eigenvalue weighted by Crippen LogP contribution is -2.33. The van der Waals surface area contributed by atoms with E-state index in [1.165, 1.54) is 25.7 Å². The molecule has 1 aromatic heterocycles. The van der Waals surface area contributed by atoms with Crippen LogP contribution in [0.25, 0.3) is 0 Å². The molecule has 0 aromatic carbocycles. The van der Waals surface area contributed by atoms with Crippen LogP contribution in [0.4, 0.5) is 10.5 Å². The van der Waals surface area contributed by atoms with Crippen molar-refractivity contribution in [2.45, 2.75) is 71.6 Å². The summed E-state index contributed by atoms with van der Waals surface area (Å²) < 4.78 is 0. The van der Waals surface area contributed by atoms with Gasteiger partial charge in [-0.15, -0.1) is 0 Å². The van der Waals surface area contributed by atoms with Gasteiger partial charge in [-0.05, 0) is 64.0 Å². The van der Waals surface area contributed by atoms with Gasteiger partial charge in [0.25, 0.3) is 0 Å². The van der Waals surface area contributed by atoms with Gasteiger partial charge in [0.15, 0.2) is 0 Å². The van der Waals surface area contributed by atoms with Gasteiger partial charge in [0.05, 0.1) is 0 Å². The molecule has 2 N–H and O–H groups in total. The standard InChI is InChI=1S/C23H36N4O2/c1-17-14-21(15-18(2)25-17)26-23(29)24-12-7-3-4-8-19-11-13-27(16-19)22(28)20-9-5-6-10-20/h14-15,19-20H,3-13,16H2,1-2H3,(H2,24,25,26,29). The van der Waals surface area contributed by atoms with E-state index >= 15 is 0 Å². The Morgan fingerprint density at radius 3 is 2.52 bits per heavy atom. The quantitative estimate of drug-likeness (QED) is 0.634. The van der Waals surface area contributed by atoms with Crippen molar-refractivity contribution in [3.63, 3.8) is 0 Å². The minimum atomic E-state index is -0.160. The Kier molecular flexibility index (Phi) is 7.90. The molecule has 0 bridgehead atoms. The molecule has 160 valence electrons. The molecule has 1 unspecified atom stereocenters. The smallest absolute Gasteiger partial charge is 0.319 e. The zero-order valence-corrected chi connectivity index (χ0v) is 18.0. The molecule has 1 aromatic rings. The topological polar surface area (TPSA) is 74.3 Å². The first-order valence-electron chi connectivity index (χ1n) is 11.3. The number of aromatic nitrogens is 1. The largest absolute Gasteiger partial charge is 0.342 e. The zero-order valence-electron chi connectivity index (χ0n) is 18.0. The molecule has 6 heteroatoms. The molecular formula is C23H36N4O2. The Labute approximate surface area is 174 Å². The molecule has 1 saturated carbocycles. The molecule has 2 heterocycles. The van der Waals surface area contributed by atoms with Crippen LogP contribution in [0.15, 0.2) is 12.1 Å². The lowest BCUT2D eigenvalue weighted by molar-refractivity contribution is -0.134. The first kappa shape index (κ1) is 21.6. The third kappa shape index (κ3) is 6.72. The number of anilines is 1. The van der Waals surface area contributed by atoms with Crippen molar-refractivity contribution >= 4 is 17.6 Å². The van der Waals surface area contributed by atoms with Gasteiger partial charge < -0.3 is 15.5 Å². The van der Waals surface area contributed by atoms with Gasteiger partial charge in [-0.3, -0.25) is 9.78 Å². The zero-order chi connectivity index (χ0) is 20.6. The number of hydrogen-bond acceptors (Lipinski definition) is 3. The van der Waals surface area contributed by atoms with Crippen LogP contribution in [0.5, 0.6) is 0 Å². The van der Waals surface area contributed by atoms with Gasteiger partial charge in [-0.25, -0.2) is 4.79 Å². The average Bonchev–Trinajstić information content (AvgIpc) is 3.35. The summed E-state index contributed by atoms with van der Waals surface area (Å²) in [5.41, 5.74) is 2.58. The number of carbonyl (C=O) groups excluding carboxylic acids is 2. The molecule has 0 spiro atoms. The lowest BCUT2D eigenvalue weighted by atomic mass is 10.0. The van der Waals surface area contributed by atoms with Gasteiger partial charge in [0.2, 0.25) is 5.91 Å². The Morgan fingerprint density at radius 2 is 1.79 bits per heavy atom. The summed E-state index contributed by atoms with van der Waals surface area (Å²) in [5.74, 6) is 1.39. The van der Waals surface area contributed by atoms with Crippen LogP contribution in [-0.4, -0.2) is 41.5 Å². The molecule has 2 aliphatic rings. The number of amides is 3. The highest BCUT2D eigenvalue weighted by atomic mass is 16.2. The van der Waals surface area contributed by atoms with E-state index in [2.05, 4.69) is 20.5 Å². The number of rotatable bonds is 8. The monoisotopic (exact) mass is 400 g/mol. The maximum atomic E-state index is 12.5. The first-order valence-corrected chi connectivity index (χ1v) is 11.3. The average molecular weight is 401 g/mol. The van der Waals surface area contributed by atoms with Gasteiger partial charge in [0, 0.05) is 42.6 Å². The number of unbranched alkanes of at least 4 members (excludes halogenated alkanes) is 2. The Hall–Kier alpha value is -2.11. The van der Waals surface area contributed by atoms with Crippen LogP contribution in [-0.2, 0) is 4.79 Å². The molecule has 0 radical (unpaired) electrons. The summed E-state index contributed by atoms with van der Waals surface area (Å²) in [7, 11) is 0. The van der Waals surface area contributed by atoms with Crippen molar-refractivity contribution in [1.29, 1.82) is 0 Å². The van der Waals surface area contributed by atoms with E-state index in [1.807, 2.05) is 26.0 Å². The van der Waals surface area contributed by atoms with Crippen LogP contribution < -0.4 is 10.6 Å². The van der Waals surface area contributed by atoms with E-state index in [4.69, 9.17) is 0 Å². The van der Waals surface area contributed by atoms with E-state index in [-0.39, 0.29) is 6.03 Å². The van der Waals surface area contributed by atoms with Gasteiger partial charge >= 0.3 is 6.03 Å². The fourth-order valence-electron chi connectivity index (χ4n) is 4.72. The number of carbonyl (C=O) groups is 2. The maximum absolute atomic E-state index is 12.5. The maximum Gasteiger partial charge on any atom is 0.319 e. The number of nitrogens with one attached hydrogen (secondary N) is 2. The predicted octanol–water partition coefficient (Wildman–Crippen LogP) is 4.42. The predicted molar refractivity (Wildman–Crippen MR) is 116 cm³/mol. The van der Waals surface area contributed by atoms with Gasteiger partial charge in [-0.1, -0.05) is 25.7 Å². The van der Waals surface area contributed by atoms with Crippen LogP contribution >= 0.6 is 0 Å². The minimum Gasteiger partial charge on any atom is -0.342 e. The molecule has 1 atom stereocenters. The Morgan fingerprint density at radius 1 is 1.07 bits per heavy atom. The Balaban J connectivity index is 1.24. The summed E-state index contributed by atoms with van der Waals surface area (Å²) in [5, 5.41) is 5.80. The number of pyridine rings is 1. The van der Waals surface area contributed by atoms with Crippen LogP contribution in [0.2, 0.25) is 0 Å². The fourth-order valence-corrected chi connectivity index (χ4v) is 4.72. The van der Waals surface area contributed by atoms with E-state index < -0.39 is 0 Å². The highest BCUT2D eigenvalue weighted by Gasteiger charge is 2.31. The summed E-state index contributed by atoms with van der Waals surface area (Å²) >= 11 is 0. The van der Waals surface area contributed by atoms with E-state index in [9.17, 15) is 9.59 Å². The van der Waals surface area contributed by atoms with Crippen molar-refractivity contribution in [3.05, 3.63) is 23.5 Å². The lowest BCUT2D eigenvalue weighted by Gasteiger charge is -2.20. The second-order valence-corrected chi connectivity index (χ2v) is 8.79. The molecule has 1 saturated heterocycles. The van der Waals surface area contributed by atoms with Crippen LogP contribution in [0, 0.1) is 25.7 Å². The molecule has 6 nitrogen and oxygen atoms in total.